The summed E-state index contributed by atoms with van der Waals surface area (Å²) < 4.78 is 0. The minimum absolute atomic E-state index is 0.126. The van der Waals surface area contributed by atoms with Crippen LogP contribution in [0.4, 0.5) is 0 Å². The normalized spacial score (nSPS) is 22.5. The number of likely N-dealkylation sites (N-methyl/N-ethyl adjacent to an activating group) is 1. The predicted octanol–water partition coefficient (Wildman–Crippen LogP) is 7.16. The summed E-state index contributed by atoms with van der Waals surface area (Å²) in [5.41, 5.74) is 2.01. The maximum absolute atomic E-state index is 14.1. The van der Waals surface area contributed by atoms with Gasteiger partial charge >= 0.3 is 0 Å². The van der Waals surface area contributed by atoms with Gasteiger partial charge in [0.15, 0.2) is 5.78 Å². The highest BCUT2D eigenvalue weighted by Gasteiger charge is 2.46. The van der Waals surface area contributed by atoms with E-state index in [0.717, 1.165) is 87.8 Å². The Balaban J connectivity index is 1.37. The largest absolute Gasteiger partial charge is 0.348 e. The van der Waals surface area contributed by atoms with E-state index in [2.05, 4.69) is 28.4 Å². The van der Waals surface area contributed by atoms with Gasteiger partial charge in [-0.15, -0.1) is 0 Å². The number of likely N-dealkylation sites (tertiary alicyclic amines) is 1. The minimum Gasteiger partial charge on any atom is -0.348 e. The van der Waals surface area contributed by atoms with Crippen molar-refractivity contribution >= 4 is 34.9 Å². The van der Waals surface area contributed by atoms with Crippen molar-refractivity contribution in [2.24, 2.45) is 0 Å². The third-order valence-corrected chi connectivity index (χ3v) is 10.5. The lowest BCUT2D eigenvalue weighted by atomic mass is 9.66. The molecule has 2 unspecified atom stereocenters. The van der Waals surface area contributed by atoms with Gasteiger partial charge in [-0.2, -0.15) is 0 Å². The van der Waals surface area contributed by atoms with Gasteiger partial charge in [0.1, 0.15) is 0 Å². The van der Waals surface area contributed by atoms with E-state index in [9.17, 15) is 9.59 Å². The molecule has 2 fully saturated rings. The molecule has 1 amide bonds. The third-order valence-electron chi connectivity index (χ3n) is 9.71. The molecule has 0 radical (unpaired) electrons. The van der Waals surface area contributed by atoms with Gasteiger partial charge < -0.3 is 15.1 Å². The summed E-state index contributed by atoms with van der Waals surface area (Å²) in [7, 11) is 3.71. The first-order valence-corrected chi connectivity index (χ1v) is 16.3. The number of nitrogens with zero attached hydrogens (tertiary/aromatic N) is 2. The number of nitrogens with one attached hydrogen (secondary N) is 1. The van der Waals surface area contributed by atoms with Crippen LogP contribution in [0, 0.1) is 0 Å². The van der Waals surface area contributed by atoms with E-state index >= 15 is 0 Å². The van der Waals surface area contributed by atoms with E-state index in [0.29, 0.717) is 10.0 Å². The minimum atomic E-state index is -0.485. The van der Waals surface area contributed by atoms with Crippen LogP contribution in [0.5, 0.6) is 0 Å². The number of piperidine rings is 1. The van der Waals surface area contributed by atoms with Crippen LogP contribution in [-0.2, 0) is 15.6 Å². The second-order valence-electron chi connectivity index (χ2n) is 12.5. The van der Waals surface area contributed by atoms with Crippen LogP contribution in [0.15, 0.2) is 78.9 Å². The van der Waals surface area contributed by atoms with E-state index in [1.165, 1.54) is 0 Å². The average Bonchev–Trinajstić information content (AvgIpc) is 3.26. The summed E-state index contributed by atoms with van der Waals surface area (Å²) in [4.78, 5) is 31.8. The Hall–Kier alpha value is -2.70. The first-order chi connectivity index (χ1) is 20.8. The number of halogens is 2. The molecule has 1 N–H and O–H groups in total. The van der Waals surface area contributed by atoms with Crippen molar-refractivity contribution in [1.82, 2.24) is 15.1 Å². The molecule has 0 aromatic heterocycles. The van der Waals surface area contributed by atoms with Crippen molar-refractivity contribution in [2.45, 2.75) is 61.8 Å². The summed E-state index contributed by atoms with van der Waals surface area (Å²) >= 11 is 12.9. The average molecular weight is 621 g/mol. The van der Waals surface area contributed by atoms with Crippen molar-refractivity contribution in [3.05, 3.63) is 106 Å². The number of ketones is 1. The molecule has 2 atom stereocenters. The molecule has 2 heterocycles. The Kier molecular flexibility index (Phi) is 10.3. The lowest BCUT2D eigenvalue weighted by molar-refractivity contribution is -0.136. The van der Waals surface area contributed by atoms with Crippen molar-refractivity contribution in [2.75, 3.05) is 40.3 Å². The molecule has 5 rings (SSSR count). The van der Waals surface area contributed by atoms with Gasteiger partial charge in [-0.1, -0.05) is 96.4 Å². The van der Waals surface area contributed by atoms with E-state index in [-0.39, 0.29) is 17.7 Å². The highest BCUT2D eigenvalue weighted by Crippen LogP contribution is 2.43. The fourth-order valence-electron chi connectivity index (χ4n) is 7.38. The van der Waals surface area contributed by atoms with Gasteiger partial charge in [-0.25, -0.2) is 0 Å². The summed E-state index contributed by atoms with van der Waals surface area (Å²) in [5, 5.41) is 4.71. The Bertz CT molecular complexity index is 1390. The quantitative estimate of drug-likeness (QED) is 0.258. The molecule has 43 heavy (non-hydrogen) atoms. The molecule has 5 nitrogen and oxygen atoms in total. The fraction of sp³-hybridized carbons (Fsp3) is 0.444. The molecule has 2 aliphatic rings. The number of amides is 1. The Labute approximate surface area is 266 Å². The third kappa shape index (κ3) is 6.71. The smallest absolute Gasteiger partial charge is 0.232 e. The second kappa shape index (κ2) is 13.9. The summed E-state index contributed by atoms with van der Waals surface area (Å²) in [6.07, 6.45) is 6.32. The maximum atomic E-state index is 14.1. The molecule has 0 spiro atoms. The molecular weight excluding hydrogens is 577 g/mol. The van der Waals surface area contributed by atoms with Gasteiger partial charge in [0.25, 0.3) is 0 Å². The number of rotatable bonds is 9. The Morgan fingerprint density at radius 2 is 1.53 bits per heavy atom. The maximum Gasteiger partial charge on any atom is 0.232 e. The molecule has 2 aliphatic heterocycles. The van der Waals surface area contributed by atoms with Gasteiger partial charge in [-0.3, -0.25) is 9.59 Å². The summed E-state index contributed by atoms with van der Waals surface area (Å²) in [6, 6.07) is 25.4. The van der Waals surface area contributed by atoms with Crippen LogP contribution < -0.4 is 5.32 Å². The Morgan fingerprint density at radius 3 is 2.19 bits per heavy atom. The highest BCUT2D eigenvalue weighted by atomic mass is 35.5. The van der Waals surface area contributed by atoms with Crippen LogP contribution in [-0.4, -0.2) is 67.8 Å². The zero-order chi connectivity index (χ0) is 30.5. The zero-order valence-electron chi connectivity index (χ0n) is 25.3. The monoisotopic (exact) mass is 619 g/mol. The molecule has 0 bridgehead atoms. The standard InChI is InChI=1S/C36H43Cl2N3O2/c1-40(2)34(43)36(28-14-7-4-8-15-28)20-24-41(25-21-36)23-11-19-35(29-16-17-30(37)31(38)26-29)18-9-10-22-39-33(35)32(42)27-12-5-3-6-13-27/h3-8,12-17,26,33,39H,9-11,18-25H2,1-2H3. The molecule has 3 aromatic carbocycles. The first-order valence-electron chi connectivity index (χ1n) is 15.5. The van der Waals surface area contributed by atoms with Crippen LogP contribution >= 0.6 is 23.2 Å². The molecule has 3 aromatic rings. The van der Waals surface area contributed by atoms with Crippen LogP contribution in [0.2, 0.25) is 10.0 Å². The number of hydrogen-bond donors (Lipinski definition) is 1. The van der Waals surface area contributed by atoms with Gasteiger partial charge in [0.2, 0.25) is 5.91 Å². The molecule has 0 aliphatic carbocycles. The number of carbonyl (C=O) groups excluding carboxylic acids is 2. The topological polar surface area (TPSA) is 52.7 Å². The van der Waals surface area contributed by atoms with Crippen LogP contribution in [0.3, 0.4) is 0 Å². The van der Waals surface area contributed by atoms with Crippen molar-refractivity contribution in [3.63, 3.8) is 0 Å². The number of benzene rings is 3. The van der Waals surface area contributed by atoms with Gasteiger partial charge in [-0.05, 0) is 88.0 Å². The SMILES string of the molecule is CN(C)C(=O)C1(c2ccccc2)CCN(CCCC2(c3ccc(Cl)c(Cl)c3)CCCCNC2C(=O)c2ccccc2)CC1. The van der Waals surface area contributed by atoms with Gasteiger partial charge in [0, 0.05) is 25.1 Å². The van der Waals surface area contributed by atoms with Gasteiger partial charge in [0.05, 0.1) is 21.5 Å². The lowest BCUT2D eigenvalue weighted by Crippen LogP contribution is -2.53. The van der Waals surface area contributed by atoms with E-state index < -0.39 is 10.8 Å². The number of hydrogen-bond acceptors (Lipinski definition) is 4. The van der Waals surface area contributed by atoms with Crippen molar-refractivity contribution in [3.8, 4) is 0 Å². The molecule has 2 saturated heterocycles. The second-order valence-corrected chi connectivity index (χ2v) is 13.3. The van der Waals surface area contributed by atoms with Crippen molar-refractivity contribution in [1.29, 1.82) is 0 Å². The molecule has 7 heteroatoms. The number of carbonyl (C=O) groups is 2. The summed E-state index contributed by atoms with van der Waals surface area (Å²) in [6.45, 7) is 3.44. The fourth-order valence-corrected chi connectivity index (χ4v) is 7.68. The number of Topliss-reactive ketones (excluding diaryl/α,β-unsaturated/α-hetero) is 1. The van der Waals surface area contributed by atoms with E-state index in [1.807, 2.05) is 74.8 Å². The van der Waals surface area contributed by atoms with Crippen LogP contribution in [0.25, 0.3) is 0 Å². The highest BCUT2D eigenvalue weighted by molar-refractivity contribution is 6.42. The lowest BCUT2D eigenvalue weighted by Gasteiger charge is -2.43. The predicted molar refractivity (Wildman–Crippen MR) is 176 cm³/mol. The van der Waals surface area contributed by atoms with E-state index in [1.54, 1.807) is 4.90 Å². The molecule has 0 saturated carbocycles. The summed E-state index contributed by atoms with van der Waals surface area (Å²) in [5.74, 6) is 0.310. The van der Waals surface area contributed by atoms with Crippen LogP contribution in [0.1, 0.15) is 66.4 Å². The van der Waals surface area contributed by atoms with Crippen molar-refractivity contribution < 1.29 is 9.59 Å². The molecular formula is C36H43Cl2N3O2. The first kappa shape index (κ1) is 31.7. The molecule has 228 valence electrons. The zero-order valence-corrected chi connectivity index (χ0v) is 26.8. The Morgan fingerprint density at radius 1 is 0.860 bits per heavy atom. The van der Waals surface area contributed by atoms with E-state index in [4.69, 9.17) is 23.2 Å².